The van der Waals surface area contributed by atoms with Crippen molar-refractivity contribution in [2.24, 2.45) is 7.05 Å². The molecule has 0 saturated carbocycles. The van der Waals surface area contributed by atoms with Gasteiger partial charge in [0.1, 0.15) is 11.5 Å². The summed E-state index contributed by atoms with van der Waals surface area (Å²) in [7, 11) is 1.84. The maximum absolute atomic E-state index is 12.3. The number of hydrogen-bond acceptors (Lipinski definition) is 6. The Morgan fingerprint density at radius 1 is 1.20 bits per heavy atom. The molecule has 7 nitrogen and oxygen atoms in total. The Hall–Kier alpha value is -2.71. The van der Waals surface area contributed by atoms with Crippen molar-refractivity contribution in [2.75, 3.05) is 17.7 Å². The van der Waals surface area contributed by atoms with Crippen molar-refractivity contribution >= 4 is 35.0 Å². The quantitative estimate of drug-likeness (QED) is 0.478. The highest BCUT2D eigenvalue weighted by Gasteiger charge is 2.19. The molecule has 0 fully saturated rings. The largest absolute Gasteiger partial charge is 0.494 e. The van der Waals surface area contributed by atoms with Crippen molar-refractivity contribution in [3.8, 4) is 11.5 Å². The maximum atomic E-state index is 12.3. The van der Waals surface area contributed by atoms with E-state index in [9.17, 15) is 4.79 Å². The first-order valence-electron chi connectivity index (χ1n) is 9.44. The summed E-state index contributed by atoms with van der Waals surface area (Å²) in [6, 6.07) is 14.5. The van der Waals surface area contributed by atoms with Gasteiger partial charge in [-0.05, 0) is 50.2 Å². The van der Waals surface area contributed by atoms with Crippen LogP contribution in [-0.4, -0.2) is 33.0 Å². The third kappa shape index (κ3) is 5.67. The van der Waals surface area contributed by atoms with Gasteiger partial charge in [0, 0.05) is 12.7 Å². The van der Waals surface area contributed by atoms with Crippen LogP contribution in [0.2, 0.25) is 5.02 Å². The maximum Gasteiger partial charge on any atom is 0.234 e. The lowest BCUT2D eigenvalue weighted by Gasteiger charge is -2.15. The average molecular weight is 447 g/mol. The smallest absolute Gasteiger partial charge is 0.234 e. The van der Waals surface area contributed by atoms with Crippen LogP contribution < -0.4 is 14.8 Å². The summed E-state index contributed by atoms with van der Waals surface area (Å²) in [4.78, 5) is 12.3. The van der Waals surface area contributed by atoms with Gasteiger partial charge < -0.3 is 19.4 Å². The van der Waals surface area contributed by atoms with E-state index in [0.717, 1.165) is 5.75 Å². The molecule has 0 radical (unpaired) electrons. The van der Waals surface area contributed by atoms with E-state index in [2.05, 4.69) is 15.5 Å². The lowest BCUT2D eigenvalue weighted by molar-refractivity contribution is -0.113. The summed E-state index contributed by atoms with van der Waals surface area (Å²) < 4.78 is 13.1. The van der Waals surface area contributed by atoms with Crippen LogP contribution in [0, 0.1) is 0 Å². The molecule has 0 saturated heterocycles. The van der Waals surface area contributed by atoms with Gasteiger partial charge in [-0.1, -0.05) is 35.5 Å². The molecule has 0 unspecified atom stereocenters. The van der Waals surface area contributed by atoms with Gasteiger partial charge >= 0.3 is 0 Å². The van der Waals surface area contributed by atoms with E-state index >= 15 is 0 Å². The molecular weight excluding hydrogens is 424 g/mol. The number of nitrogens with one attached hydrogen (secondary N) is 1. The van der Waals surface area contributed by atoms with E-state index in [1.54, 1.807) is 12.1 Å². The third-order valence-corrected chi connectivity index (χ3v) is 5.49. The third-order valence-electron chi connectivity index (χ3n) is 4.15. The number of halogens is 1. The van der Waals surface area contributed by atoms with Gasteiger partial charge in [0.05, 0.1) is 17.4 Å². The zero-order chi connectivity index (χ0) is 21.5. The van der Waals surface area contributed by atoms with E-state index in [1.807, 2.05) is 61.9 Å². The van der Waals surface area contributed by atoms with Crippen molar-refractivity contribution < 1.29 is 14.3 Å². The molecule has 1 amide bonds. The zero-order valence-electron chi connectivity index (χ0n) is 17.0. The van der Waals surface area contributed by atoms with Crippen LogP contribution in [0.4, 0.5) is 5.69 Å². The van der Waals surface area contributed by atoms with E-state index in [4.69, 9.17) is 21.1 Å². The van der Waals surface area contributed by atoms with E-state index in [1.165, 1.54) is 11.8 Å². The predicted octanol–water partition coefficient (Wildman–Crippen LogP) is 4.74. The molecule has 2 aromatic carbocycles. The number of hydrogen-bond donors (Lipinski definition) is 1. The van der Waals surface area contributed by atoms with Gasteiger partial charge in [-0.15, -0.1) is 10.2 Å². The lowest BCUT2D eigenvalue weighted by atomic mass is 10.3. The van der Waals surface area contributed by atoms with Crippen molar-refractivity contribution in [1.29, 1.82) is 0 Å². The second-order valence-electron chi connectivity index (χ2n) is 6.38. The monoisotopic (exact) mass is 446 g/mol. The van der Waals surface area contributed by atoms with Crippen LogP contribution in [0.15, 0.2) is 53.7 Å². The minimum atomic E-state index is -0.352. The van der Waals surface area contributed by atoms with Crippen LogP contribution in [0.3, 0.4) is 0 Å². The first-order chi connectivity index (χ1) is 14.5. The molecule has 0 aliphatic heterocycles. The second-order valence-corrected chi connectivity index (χ2v) is 7.73. The van der Waals surface area contributed by atoms with Crippen molar-refractivity contribution in [1.82, 2.24) is 14.8 Å². The second kappa shape index (κ2) is 10.4. The number of amides is 1. The van der Waals surface area contributed by atoms with Crippen LogP contribution in [-0.2, 0) is 11.8 Å². The molecule has 1 heterocycles. The van der Waals surface area contributed by atoms with E-state index in [-0.39, 0.29) is 17.8 Å². The minimum Gasteiger partial charge on any atom is -0.494 e. The highest BCUT2D eigenvalue weighted by atomic mass is 35.5. The number of anilines is 1. The molecule has 0 aliphatic carbocycles. The van der Waals surface area contributed by atoms with Gasteiger partial charge in [0.25, 0.3) is 0 Å². The molecule has 3 aromatic rings. The van der Waals surface area contributed by atoms with Crippen LogP contribution in [0.25, 0.3) is 0 Å². The Bertz CT molecular complexity index is 994. The zero-order valence-corrected chi connectivity index (χ0v) is 18.5. The number of carbonyl (C=O) groups is 1. The summed E-state index contributed by atoms with van der Waals surface area (Å²) in [6.07, 6.45) is -0.352. The van der Waals surface area contributed by atoms with Crippen molar-refractivity contribution in [2.45, 2.75) is 25.1 Å². The van der Waals surface area contributed by atoms with E-state index in [0.29, 0.717) is 34.0 Å². The number of aromatic nitrogens is 3. The number of ether oxygens (including phenoxy) is 2. The summed E-state index contributed by atoms with van der Waals surface area (Å²) in [6.45, 7) is 4.40. The fourth-order valence-corrected chi connectivity index (χ4v) is 3.62. The molecule has 1 atom stereocenters. The molecule has 0 spiro atoms. The minimum absolute atomic E-state index is 0.130. The van der Waals surface area contributed by atoms with Gasteiger partial charge in [0.15, 0.2) is 17.1 Å². The number of para-hydroxylation sites is 1. The lowest BCUT2D eigenvalue weighted by Crippen LogP contribution is -2.15. The van der Waals surface area contributed by atoms with Gasteiger partial charge in [0.2, 0.25) is 5.91 Å². The highest BCUT2D eigenvalue weighted by Crippen LogP contribution is 2.29. The Kier molecular flexibility index (Phi) is 7.59. The number of rotatable bonds is 9. The number of carbonyl (C=O) groups excluding carboxylic acids is 1. The average Bonchev–Trinajstić information content (AvgIpc) is 3.10. The Morgan fingerprint density at radius 2 is 1.93 bits per heavy atom. The van der Waals surface area contributed by atoms with E-state index < -0.39 is 0 Å². The fraction of sp³-hybridized carbons (Fsp3) is 0.286. The van der Waals surface area contributed by atoms with Crippen LogP contribution in [0.1, 0.15) is 25.8 Å². The molecule has 1 aromatic heterocycles. The molecule has 158 valence electrons. The van der Waals surface area contributed by atoms with Gasteiger partial charge in [-0.3, -0.25) is 4.79 Å². The van der Waals surface area contributed by atoms with Gasteiger partial charge in [-0.25, -0.2) is 0 Å². The highest BCUT2D eigenvalue weighted by molar-refractivity contribution is 7.99. The summed E-state index contributed by atoms with van der Waals surface area (Å²) >= 11 is 7.46. The molecular formula is C21H23ClN4O3S. The van der Waals surface area contributed by atoms with Crippen LogP contribution >= 0.6 is 23.4 Å². The number of thioether (sulfide) groups is 1. The Balaban J connectivity index is 1.55. The van der Waals surface area contributed by atoms with Crippen molar-refractivity contribution in [3.63, 3.8) is 0 Å². The Labute approximate surface area is 184 Å². The molecule has 3 rings (SSSR count). The molecule has 0 aliphatic rings. The first kappa shape index (κ1) is 22.0. The molecule has 30 heavy (non-hydrogen) atoms. The SMILES string of the molecule is CCOc1ccc(NC(=O)CSc2nnc([C@H](C)Oc3ccccc3Cl)n2C)cc1. The standard InChI is InChI=1S/C21H23ClN4O3S/c1-4-28-16-11-9-15(10-12-16)23-19(27)13-30-21-25-24-20(26(21)3)14(2)29-18-8-6-5-7-17(18)22/h5-12,14H,4,13H2,1-3H3,(H,23,27)/t14-/m0/s1. The first-order valence-corrected chi connectivity index (χ1v) is 10.8. The number of nitrogens with zero attached hydrogens (tertiary/aromatic N) is 3. The molecule has 1 N–H and O–H groups in total. The summed E-state index contributed by atoms with van der Waals surface area (Å²) in [5.74, 6) is 2.07. The van der Waals surface area contributed by atoms with Gasteiger partial charge in [-0.2, -0.15) is 0 Å². The molecule has 0 bridgehead atoms. The van der Waals surface area contributed by atoms with Crippen molar-refractivity contribution in [3.05, 3.63) is 59.4 Å². The summed E-state index contributed by atoms with van der Waals surface area (Å²) in [5, 5.41) is 12.4. The summed E-state index contributed by atoms with van der Waals surface area (Å²) in [5.41, 5.74) is 0.712. The van der Waals surface area contributed by atoms with Crippen LogP contribution in [0.5, 0.6) is 11.5 Å². The Morgan fingerprint density at radius 3 is 2.63 bits per heavy atom. The fourth-order valence-electron chi connectivity index (χ4n) is 2.72. The number of benzene rings is 2. The topological polar surface area (TPSA) is 78.3 Å². The predicted molar refractivity (Wildman–Crippen MR) is 118 cm³/mol. The molecule has 9 heteroatoms. The normalized spacial score (nSPS) is 11.7.